The highest BCUT2D eigenvalue weighted by molar-refractivity contribution is 9.10. The summed E-state index contributed by atoms with van der Waals surface area (Å²) in [4.78, 5) is 10.2. The van der Waals surface area contributed by atoms with Crippen molar-refractivity contribution in [2.24, 2.45) is 0 Å². The number of benzene rings is 2. The van der Waals surface area contributed by atoms with Crippen molar-refractivity contribution in [1.82, 2.24) is 0 Å². The van der Waals surface area contributed by atoms with Crippen LogP contribution in [0, 0.1) is 0 Å². The number of rotatable bonds is 3. The molecule has 0 bridgehead atoms. The Balaban J connectivity index is 0.000000204. The van der Waals surface area contributed by atoms with Crippen LogP contribution in [0.25, 0.3) is 0 Å². The molecule has 0 aromatic heterocycles. The van der Waals surface area contributed by atoms with Crippen LogP contribution in [0.4, 0.5) is 0 Å². The molecular formula is C16H18BrNO2. The minimum Gasteiger partial charge on any atom is -0.550 e. The van der Waals surface area contributed by atoms with Gasteiger partial charge in [-0.1, -0.05) is 64.5 Å². The Morgan fingerprint density at radius 3 is 2.15 bits per heavy atom. The van der Waals surface area contributed by atoms with Crippen LogP contribution >= 0.6 is 15.9 Å². The third-order valence-corrected chi connectivity index (χ3v) is 3.43. The number of hydrogen-bond acceptors (Lipinski definition) is 2. The smallest absolute Gasteiger partial charge is 0.107 e. The van der Waals surface area contributed by atoms with Gasteiger partial charge in [0, 0.05) is 22.4 Å². The van der Waals surface area contributed by atoms with Crippen LogP contribution in [-0.4, -0.2) is 5.97 Å². The van der Waals surface area contributed by atoms with Crippen molar-refractivity contribution in [3.8, 4) is 0 Å². The number of hydrogen-bond donors (Lipinski definition) is 1. The van der Waals surface area contributed by atoms with Crippen LogP contribution in [0.1, 0.15) is 24.1 Å². The summed E-state index contributed by atoms with van der Waals surface area (Å²) in [6.07, 6.45) is -0.0403. The fraction of sp³-hybridized carbons (Fsp3) is 0.188. The zero-order chi connectivity index (χ0) is 15.0. The normalized spacial score (nSPS) is 11.2. The lowest BCUT2D eigenvalue weighted by atomic mass is 10.1. The Bertz CT molecular complexity index is 541. The van der Waals surface area contributed by atoms with Gasteiger partial charge < -0.3 is 15.6 Å². The maximum atomic E-state index is 10.2. The topological polar surface area (TPSA) is 67.8 Å². The first kappa shape index (κ1) is 16.4. The van der Waals surface area contributed by atoms with Crippen LogP contribution in [-0.2, 0) is 11.2 Å². The summed E-state index contributed by atoms with van der Waals surface area (Å²) in [6, 6.07) is 17.9. The van der Waals surface area contributed by atoms with Gasteiger partial charge in [-0.15, -0.1) is 0 Å². The highest BCUT2D eigenvalue weighted by atomic mass is 79.9. The molecule has 0 radical (unpaired) electrons. The van der Waals surface area contributed by atoms with Gasteiger partial charge in [0.2, 0.25) is 0 Å². The third kappa shape index (κ3) is 5.99. The number of carboxylic acids is 1. The van der Waals surface area contributed by atoms with E-state index in [1.165, 1.54) is 5.56 Å². The van der Waals surface area contributed by atoms with Gasteiger partial charge in [-0.2, -0.15) is 0 Å². The van der Waals surface area contributed by atoms with Crippen LogP contribution in [0.2, 0.25) is 0 Å². The Morgan fingerprint density at radius 2 is 1.70 bits per heavy atom. The van der Waals surface area contributed by atoms with Crippen LogP contribution in [0.3, 0.4) is 0 Å². The standard InChI is InChI=1S/C8H7BrO2.C8H11N/c9-7-4-2-1-3-6(7)5-8(10)11;1-7(9)8-5-3-2-4-6-8/h1-4H,5H2,(H,10,11);2-7H,9H2,1H3/t;7-/m.0/s1. The Labute approximate surface area is 127 Å². The summed E-state index contributed by atoms with van der Waals surface area (Å²) in [5.41, 5.74) is 5.96. The van der Waals surface area contributed by atoms with Gasteiger partial charge in [-0.05, 0) is 18.6 Å². The van der Waals surface area contributed by atoms with E-state index in [1.54, 1.807) is 18.2 Å². The zero-order valence-electron chi connectivity index (χ0n) is 11.4. The molecule has 0 aliphatic rings. The number of carbonyl (C=O) groups excluding carboxylic acids is 1. The van der Waals surface area contributed by atoms with Gasteiger partial charge in [-0.3, -0.25) is 0 Å². The zero-order valence-corrected chi connectivity index (χ0v) is 13.0. The molecule has 1 atom stereocenters. The largest absolute Gasteiger partial charge is 0.550 e. The number of carboxylic acid groups (broad SMARTS) is 1. The van der Waals surface area contributed by atoms with E-state index in [0.29, 0.717) is 6.04 Å². The minimum atomic E-state index is -1.06. The number of quaternary nitrogens is 1. The molecule has 0 unspecified atom stereocenters. The quantitative estimate of drug-likeness (QED) is 0.928. The van der Waals surface area contributed by atoms with Crippen molar-refractivity contribution in [2.45, 2.75) is 19.4 Å². The van der Waals surface area contributed by atoms with Crippen LogP contribution in [0.15, 0.2) is 59.1 Å². The monoisotopic (exact) mass is 335 g/mol. The highest BCUT2D eigenvalue weighted by Crippen LogP contribution is 2.15. The average molecular weight is 336 g/mol. The van der Waals surface area contributed by atoms with Crippen molar-refractivity contribution in [3.05, 3.63) is 70.2 Å². The average Bonchev–Trinajstić information content (AvgIpc) is 2.43. The number of aliphatic carboxylic acids is 1. The molecule has 3 nitrogen and oxygen atoms in total. The molecule has 0 saturated heterocycles. The van der Waals surface area contributed by atoms with Gasteiger partial charge >= 0.3 is 0 Å². The van der Waals surface area contributed by atoms with E-state index >= 15 is 0 Å². The van der Waals surface area contributed by atoms with E-state index in [2.05, 4.69) is 40.7 Å². The summed E-state index contributed by atoms with van der Waals surface area (Å²) in [5.74, 6) is -1.06. The van der Waals surface area contributed by atoms with Crippen molar-refractivity contribution >= 4 is 21.9 Å². The van der Waals surface area contributed by atoms with Crippen molar-refractivity contribution < 1.29 is 15.6 Å². The predicted molar refractivity (Wildman–Crippen MR) is 80.6 cm³/mol. The molecule has 0 spiro atoms. The van der Waals surface area contributed by atoms with E-state index in [-0.39, 0.29) is 6.42 Å². The molecule has 106 valence electrons. The SMILES string of the molecule is C[C@H]([NH3+])c1ccccc1.O=C([O-])Cc1ccccc1Br. The fourth-order valence-electron chi connectivity index (χ4n) is 1.58. The molecule has 2 aromatic carbocycles. The second-order valence-corrected chi connectivity index (χ2v) is 5.31. The van der Waals surface area contributed by atoms with E-state index in [1.807, 2.05) is 24.3 Å². The lowest BCUT2D eigenvalue weighted by Gasteiger charge is -2.03. The molecule has 0 fully saturated rings. The summed E-state index contributed by atoms with van der Waals surface area (Å²) in [7, 11) is 0. The molecule has 20 heavy (non-hydrogen) atoms. The van der Waals surface area contributed by atoms with E-state index in [4.69, 9.17) is 0 Å². The van der Waals surface area contributed by atoms with Gasteiger partial charge in [-0.25, -0.2) is 0 Å². The highest BCUT2D eigenvalue weighted by Gasteiger charge is 1.97. The van der Waals surface area contributed by atoms with Crippen LogP contribution < -0.4 is 10.8 Å². The van der Waals surface area contributed by atoms with Crippen molar-refractivity contribution in [3.63, 3.8) is 0 Å². The van der Waals surface area contributed by atoms with E-state index < -0.39 is 5.97 Å². The maximum absolute atomic E-state index is 10.2. The van der Waals surface area contributed by atoms with Crippen molar-refractivity contribution in [2.75, 3.05) is 0 Å². The van der Waals surface area contributed by atoms with Crippen molar-refractivity contribution in [1.29, 1.82) is 0 Å². The summed E-state index contributed by atoms with van der Waals surface area (Å²) in [5, 5.41) is 10.2. The molecule has 3 N–H and O–H groups in total. The molecular weight excluding hydrogens is 318 g/mol. The fourth-order valence-corrected chi connectivity index (χ4v) is 2.00. The second kappa shape index (κ2) is 8.51. The first-order chi connectivity index (χ1) is 9.50. The molecule has 0 heterocycles. The van der Waals surface area contributed by atoms with E-state index in [9.17, 15) is 9.90 Å². The Hall–Kier alpha value is -1.65. The molecule has 0 saturated carbocycles. The lowest BCUT2D eigenvalue weighted by molar-refractivity contribution is -0.420. The molecule has 0 amide bonds. The third-order valence-electron chi connectivity index (χ3n) is 2.66. The summed E-state index contributed by atoms with van der Waals surface area (Å²) in [6.45, 7) is 2.09. The lowest BCUT2D eigenvalue weighted by Crippen LogP contribution is -2.51. The van der Waals surface area contributed by atoms with Gasteiger partial charge in [0.25, 0.3) is 0 Å². The minimum absolute atomic E-state index is 0.0403. The molecule has 0 aliphatic carbocycles. The Morgan fingerprint density at radius 1 is 1.15 bits per heavy atom. The molecule has 2 aromatic rings. The van der Waals surface area contributed by atoms with Gasteiger partial charge in [0.15, 0.2) is 0 Å². The van der Waals surface area contributed by atoms with E-state index in [0.717, 1.165) is 10.0 Å². The summed E-state index contributed by atoms with van der Waals surface area (Å²) >= 11 is 3.23. The summed E-state index contributed by atoms with van der Waals surface area (Å²) < 4.78 is 0.809. The maximum Gasteiger partial charge on any atom is 0.107 e. The molecule has 0 aliphatic heterocycles. The predicted octanol–water partition coefficient (Wildman–Crippen LogP) is 1.73. The first-order valence-corrected chi connectivity index (χ1v) is 7.11. The first-order valence-electron chi connectivity index (χ1n) is 6.32. The van der Waals surface area contributed by atoms with Crippen LogP contribution in [0.5, 0.6) is 0 Å². The second-order valence-electron chi connectivity index (χ2n) is 4.45. The van der Waals surface area contributed by atoms with Gasteiger partial charge in [0.05, 0.1) is 0 Å². The number of carbonyl (C=O) groups is 1. The number of halogens is 1. The molecule has 2 rings (SSSR count). The Kier molecular flexibility index (Phi) is 6.98. The van der Waals surface area contributed by atoms with Gasteiger partial charge in [0.1, 0.15) is 6.04 Å². The molecule has 4 heteroatoms.